The summed E-state index contributed by atoms with van der Waals surface area (Å²) in [5.74, 6) is -2.29. The van der Waals surface area contributed by atoms with E-state index in [1.165, 1.54) is 0 Å². The number of nitrogens with zero attached hydrogens (tertiary/aromatic N) is 1. The van der Waals surface area contributed by atoms with E-state index in [0.29, 0.717) is 0 Å². The third-order valence-electron chi connectivity index (χ3n) is 3.14. The number of nitrogens with one attached hydrogen (secondary N) is 1. The van der Waals surface area contributed by atoms with Crippen LogP contribution < -0.4 is 5.32 Å². The fourth-order valence-electron chi connectivity index (χ4n) is 2.01. The van der Waals surface area contributed by atoms with E-state index >= 15 is 0 Å². The Labute approximate surface area is 112 Å². The van der Waals surface area contributed by atoms with Crippen LogP contribution >= 0.6 is 15.9 Å². The number of carbonyl (C=O) groups is 1. The molecule has 1 atom stereocenters. The quantitative estimate of drug-likeness (QED) is 0.848. The molecule has 6 heteroatoms. The molecule has 0 bridgehead atoms. The number of hydrogen-bond donors (Lipinski definition) is 1. The van der Waals surface area contributed by atoms with Crippen molar-refractivity contribution < 1.29 is 13.6 Å². The lowest BCUT2D eigenvalue weighted by Crippen LogP contribution is -2.38. The lowest BCUT2D eigenvalue weighted by Gasteiger charge is -2.24. The van der Waals surface area contributed by atoms with Crippen LogP contribution in [0, 0.1) is 11.6 Å². The lowest BCUT2D eigenvalue weighted by molar-refractivity contribution is 0.0742. The van der Waals surface area contributed by atoms with Gasteiger partial charge in [-0.1, -0.05) is 0 Å². The molecule has 1 N–H and O–H groups in total. The maximum atomic E-state index is 13.2. The highest BCUT2D eigenvalue weighted by Crippen LogP contribution is 2.23. The maximum absolute atomic E-state index is 13.2. The van der Waals surface area contributed by atoms with Gasteiger partial charge in [-0.3, -0.25) is 4.79 Å². The molecule has 0 spiro atoms. The number of hydrogen-bond acceptors (Lipinski definition) is 2. The van der Waals surface area contributed by atoms with Gasteiger partial charge in [0.2, 0.25) is 0 Å². The summed E-state index contributed by atoms with van der Waals surface area (Å²) in [6.07, 6.45) is 0.865. The highest BCUT2D eigenvalue weighted by molar-refractivity contribution is 9.10. The largest absolute Gasteiger partial charge is 0.337 e. The monoisotopic (exact) mass is 318 g/mol. The van der Waals surface area contributed by atoms with Crippen molar-refractivity contribution in [2.75, 3.05) is 20.1 Å². The van der Waals surface area contributed by atoms with E-state index in [1.807, 2.05) is 0 Å². The summed E-state index contributed by atoms with van der Waals surface area (Å²) in [6.45, 7) is 1.59. The maximum Gasteiger partial charge on any atom is 0.255 e. The van der Waals surface area contributed by atoms with E-state index in [-0.39, 0.29) is 22.0 Å². The van der Waals surface area contributed by atoms with Gasteiger partial charge in [0, 0.05) is 24.1 Å². The van der Waals surface area contributed by atoms with Crippen LogP contribution in [0.2, 0.25) is 0 Å². The van der Waals surface area contributed by atoms with Crippen LogP contribution in [0.15, 0.2) is 16.6 Å². The molecule has 0 radical (unpaired) electrons. The smallest absolute Gasteiger partial charge is 0.255 e. The molecule has 1 aliphatic rings. The zero-order valence-corrected chi connectivity index (χ0v) is 11.4. The van der Waals surface area contributed by atoms with E-state index in [0.717, 1.165) is 31.6 Å². The van der Waals surface area contributed by atoms with Crippen LogP contribution in [0.1, 0.15) is 16.8 Å². The average molecular weight is 319 g/mol. The molecule has 0 aromatic heterocycles. The summed E-state index contributed by atoms with van der Waals surface area (Å²) >= 11 is 3.09. The molecule has 1 fully saturated rings. The molecule has 98 valence electrons. The molecular weight excluding hydrogens is 306 g/mol. The zero-order valence-electron chi connectivity index (χ0n) is 9.84. The number of rotatable bonds is 2. The van der Waals surface area contributed by atoms with Gasteiger partial charge in [-0.15, -0.1) is 0 Å². The van der Waals surface area contributed by atoms with E-state index in [9.17, 15) is 13.6 Å². The first-order valence-corrected chi connectivity index (χ1v) is 6.42. The number of likely N-dealkylation sites (N-methyl/N-ethyl adjacent to an activating group) is 1. The van der Waals surface area contributed by atoms with Crippen molar-refractivity contribution in [3.63, 3.8) is 0 Å². The highest BCUT2D eigenvalue weighted by Gasteiger charge is 2.26. The molecule has 1 amide bonds. The summed E-state index contributed by atoms with van der Waals surface area (Å²) < 4.78 is 26.4. The standard InChI is InChI=1S/C12H13BrF2N2O/c1-17(7-2-3-16-6-7)12(18)8-4-10(14)11(15)5-9(8)13/h4-5,7,16H,2-3,6H2,1H3. The average Bonchev–Trinajstić information content (AvgIpc) is 2.85. The Kier molecular flexibility index (Phi) is 3.97. The van der Waals surface area contributed by atoms with Gasteiger partial charge in [0.1, 0.15) is 0 Å². The highest BCUT2D eigenvalue weighted by atomic mass is 79.9. The van der Waals surface area contributed by atoms with Crippen molar-refractivity contribution in [3.8, 4) is 0 Å². The van der Waals surface area contributed by atoms with Gasteiger partial charge in [-0.2, -0.15) is 0 Å². The molecule has 3 nitrogen and oxygen atoms in total. The Morgan fingerprint density at radius 3 is 2.72 bits per heavy atom. The van der Waals surface area contributed by atoms with Crippen LogP contribution in [-0.4, -0.2) is 37.0 Å². The predicted molar refractivity (Wildman–Crippen MR) is 67.4 cm³/mol. The Morgan fingerprint density at radius 2 is 2.11 bits per heavy atom. The lowest BCUT2D eigenvalue weighted by atomic mass is 10.1. The Balaban J connectivity index is 2.25. The Hall–Kier alpha value is -1.01. The van der Waals surface area contributed by atoms with Gasteiger partial charge < -0.3 is 10.2 Å². The second kappa shape index (κ2) is 5.32. The minimum absolute atomic E-state index is 0.0949. The second-order valence-electron chi connectivity index (χ2n) is 4.31. The van der Waals surface area contributed by atoms with Crippen molar-refractivity contribution in [3.05, 3.63) is 33.8 Å². The van der Waals surface area contributed by atoms with Crippen molar-refractivity contribution >= 4 is 21.8 Å². The van der Waals surface area contributed by atoms with Crippen molar-refractivity contribution in [1.29, 1.82) is 0 Å². The topological polar surface area (TPSA) is 32.3 Å². The van der Waals surface area contributed by atoms with Crippen LogP contribution in [0.5, 0.6) is 0 Å². The van der Waals surface area contributed by atoms with E-state index in [1.54, 1.807) is 11.9 Å². The molecule has 1 aromatic carbocycles. The van der Waals surface area contributed by atoms with Crippen LogP contribution in [0.3, 0.4) is 0 Å². The summed E-state index contributed by atoms with van der Waals surface area (Å²) in [5.41, 5.74) is 0.142. The number of halogens is 3. The number of amides is 1. The molecule has 0 saturated carbocycles. The van der Waals surface area contributed by atoms with E-state index in [4.69, 9.17) is 0 Å². The van der Waals surface area contributed by atoms with Gasteiger partial charge in [-0.25, -0.2) is 8.78 Å². The summed E-state index contributed by atoms with van der Waals surface area (Å²) in [4.78, 5) is 13.8. The first-order chi connectivity index (χ1) is 8.50. The molecular formula is C12H13BrF2N2O. The minimum Gasteiger partial charge on any atom is -0.337 e. The first kappa shape index (κ1) is 13.4. The molecule has 2 rings (SSSR count). The summed E-state index contributed by atoms with van der Waals surface area (Å²) in [5, 5.41) is 3.15. The molecule has 1 aromatic rings. The predicted octanol–water partition coefficient (Wildman–Crippen LogP) is 2.16. The molecule has 1 aliphatic heterocycles. The van der Waals surface area contributed by atoms with Crippen molar-refractivity contribution in [2.45, 2.75) is 12.5 Å². The van der Waals surface area contributed by atoms with E-state index in [2.05, 4.69) is 21.2 Å². The molecule has 0 aliphatic carbocycles. The number of carbonyl (C=O) groups excluding carboxylic acids is 1. The fourth-order valence-corrected chi connectivity index (χ4v) is 2.50. The summed E-state index contributed by atoms with van der Waals surface area (Å²) in [7, 11) is 1.67. The molecule has 18 heavy (non-hydrogen) atoms. The van der Waals surface area contributed by atoms with Gasteiger partial charge in [0.15, 0.2) is 11.6 Å². The normalized spacial score (nSPS) is 19.0. The fraction of sp³-hybridized carbons (Fsp3) is 0.417. The molecule has 1 saturated heterocycles. The van der Waals surface area contributed by atoms with E-state index < -0.39 is 11.6 Å². The van der Waals surface area contributed by atoms with Gasteiger partial charge in [0.05, 0.1) is 5.56 Å². The van der Waals surface area contributed by atoms with Crippen LogP contribution in [0.25, 0.3) is 0 Å². The number of benzene rings is 1. The van der Waals surface area contributed by atoms with Crippen molar-refractivity contribution in [2.24, 2.45) is 0 Å². The first-order valence-electron chi connectivity index (χ1n) is 5.63. The third kappa shape index (κ3) is 2.54. The third-order valence-corrected chi connectivity index (χ3v) is 3.80. The minimum atomic E-state index is -1.01. The Bertz CT molecular complexity index is 475. The van der Waals surface area contributed by atoms with Crippen molar-refractivity contribution in [1.82, 2.24) is 10.2 Å². The van der Waals surface area contributed by atoms with Gasteiger partial charge >= 0.3 is 0 Å². The second-order valence-corrected chi connectivity index (χ2v) is 5.16. The molecule has 1 unspecified atom stereocenters. The zero-order chi connectivity index (χ0) is 13.3. The molecule has 1 heterocycles. The van der Waals surface area contributed by atoms with Crippen LogP contribution in [0.4, 0.5) is 8.78 Å². The SMILES string of the molecule is CN(C(=O)c1cc(F)c(F)cc1Br)C1CCNC1. The summed E-state index contributed by atoms with van der Waals surface area (Å²) in [6, 6.07) is 2.00. The van der Waals surface area contributed by atoms with Gasteiger partial charge in [-0.05, 0) is 41.0 Å². The Morgan fingerprint density at radius 1 is 1.44 bits per heavy atom. The van der Waals surface area contributed by atoms with Crippen LogP contribution in [-0.2, 0) is 0 Å². The van der Waals surface area contributed by atoms with Gasteiger partial charge in [0.25, 0.3) is 5.91 Å².